The van der Waals surface area contributed by atoms with Crippen molar-refractivity contribution in [3.8, 4) is 0 Å². The average molecular weight is 447 g/mol. The van der Waals surface area contributed by atoms with Crippen molar-refractivity contribution in [3.63, 3.8) is 0 Å². The molecule has 5 nitrogen and oxygen atoms in total. The number of piperazine rings is 1. The molecule has 0 saturated carbocycles. The Hall–Kier alpha value is -2.93. The lowest BCUT2D eigenvalue weighted by atomic mass is 9.95. The molecule has 3 aromatic rings. The lowest BCUT2D eigenvalue weighted by Gasteiger charge is -2.39. The van der Waals surface area contributed by atoms with Crippen molar-refractivity contribution < 1.29 is 4.79 Å². The van der Waals surface area contributed by atoms with Gasteiger partial charge in [0.1, 0.15) is 0 Å². The highest BCUT2D eigenvalue weighted by atomic mass is 32.1. The number of nitrogens with zero attached hydrogens (tertiary/aromatic N) is 2. The van der Waals surface area contributed by atoms with Crippen LogP contribution in [0.4, 0.5) is 5.69 Å². The zero-order chi connectivity index (χ0) is 22.3. The topological polar surface area (TPSA) is 61.6 Å². The van der Waals surface area contributed by atoms with Crippen LogP contribution in [-0.4, -0.2) is 48.4 Å². The lowest BCUT2D eigenvalue weighted by Crippen LogP contribution is -2.47. The van der Waals surface area contributed by atoms with E-state index in [9.17, 15) is 4.79 Å². The number of anilines is 1. The van der Waals surface area contributed by atoms with Crippen LogP contribution >= 0.6 is 11.3 Å². The predicted molar refractivity (Wildman–Crippen MR) is 133 cm³/mol. The number of primary amides is 1. The number of benzene rings is 2. The Kier molecular flexibility index (Phi) is 7.37. The summed E-state index contributed by atoms with van der Waals surface area (Å²) in [6.07, 6.45) is 1.97. The molecule has 1 aliphatic heterocycles. The third-order valence-corrected chi connectivity index (χ3v) is 6.80. The van der Waals surface area contributed by atoms with Crippen molar-refractivity contribution in [2.45, 2.75) is 12.6 Å². The first-order valence-corrected chi connectivity index (χ1v) is 11.9. The molecule has 2 heterocycles. The molecule has 4 rings (SSSR count). The molecule has 1 saturated heterocycles. The number of nitrogens with one attached hydrogen (secondary N) is 1. The van der Waals surface area contributed by atoms with E-state index in [2.05, 4.69) is 63.5 Å². The van der Waals surface area contributed by atoms with Gasteiger partial charge in [0.2, 0.25) is 5.91 Å². The van der Waals surface area contributed by atoms with E-state index in [0.717, 1.165) is 45.0 Å². The maximum absolute atomic E-state index is 11.6. The number of thiophene rings is 1. The molecule has 1 aromatic heterocycles. The molecule has 0 radical (unpaired) electrons. The number of nitrogens with two attached hydrogens (primary N) is 1. The van der Waals surface area contributed by atoms with Crippen LogP contribution in [0.15, 0.2) is 78.7 Å². The second kappa shape index (κ2) is 10.6. The minimum Gasteiger partial charge on any atom is -0.380 e. The molecule has 1 aliphatic rings. The maximum Gasteiger partial charge on any atom is 0.248 e. The fourth-order valence-electron chi connectivity index (χ4n) is 4.25. The number of hydrogen-bond acceptors (Lipinski definition) is 5. The predicted octanol–water partition coefficient (Wildman–Crippen LogP) is 4.35. The summed E-state index contributed by atoms with van der Waals surface area (Å²) in [5.74, 6) is -0.397. The summed E-state index contributed by atoms with van der Waals surface area (Å²) in [7, 11) is 0. The molecule has 32 heavy (non-hydrogen) atoms. The molecule has 3 N–H and O–H groups in total. The molecule has 2 aromatic carbocycles. The van der Waals surface area contributed by atoms with Gasteiger partial charge in [-0.3, -0.25) is 14.6 Å². The van der Waals surface area contributed by atoms with Gasteiger partial charge in [-0.05, 0) is 46.8 Å². The van der Waals surface area contributed by atoms with Crippen molar-refractivity contribution in [2.24, 2.45) is 5.73 Å². The summed E-state index contributed by atoms with van der Waals surface area (Å²) in [5, 5.41) is 5.66. The van der Waals surface area contributed by atoms with E-state index in [0.29, 0.717) is 5.56 Å². The Labute approximate surface area is 194 Å². The summed E-state index contributed by atoms with van der Waals surface area (Å²) in [6.45, 7) is 9.59. The van der Waals surface area contributed by atoms with Crippen LogP contribution < -0.4 is 11.1 Å². The summed E-state index contributed by atoms with van der Waals surface area (Å²) in [6, 6.07) is 20.7. The highest BCUT2D eigenvalue weighted by molar-refractivity contribution is 7.09. The van der Waals surface area contributed by atoms with E-state index in [1.807, 2.05) is 30.3 Å². The zero-order valence-electron chi connectivity index (χ0n) is 18.2. The molecule has 1 fully saturated rings. The summed E-state index contributed by atoms with van der Waals surface area (Å²) < 4.78 is 0. The Morgan fingerprint density at radius 2 is 1.84 bits per heavy atom. The molecule has 1 amide bonds. The van der Waals surface area contributed by atoms with Gasteiger partial charge in [-0.1, -0.05) is 36.4 Å². The van der Waals surface area contributed by atoms with Gasteiger partial charge in [-0.25, -0.2) is 0 Å². The van der Waals surface area contributed by atoms with Crippen LogP contribution in [0.1, 0.15) is 32.4 Å². The summed E-state index contributed by atoms with van der Waals surface area (Å²) >= 11 is 1.76. The van der Waals surface area contributed by atoms with Crippen LogP contribution in [0, 0.1) is 0 Å². The highest BCUT2D eigenvalue weighted by Crippen LogP contribution is 2.31. The van der Waals surface area contributed by atoms with Crippen molar-refractivity contribution >= 4 is 22.9 Å². The molecule has 0 aliphatic carbocycles. The lowest BCUT2D eigenvalue weighted by molar-refractivity contribution is 0.1000. The van der Waals surface area contributed by atoms with E-state index in [4.69, 9.17) is 5.73 Å². The molecule has 166 valence electrons. The normalized spacial score (nSPS) is 15.9. The van der Waals surface area contributed by atoms with E-state index < -0.39 is 5.91 Å². The summed E-state index contributed by atoms with van der Waals surface area (Å²) in [4.78, 5) is 17.8. The number of amides is 1. The second-order valence-corrected chi connectivity index (χ2v) is 9.10. The summed E-state index contributed by atoms with van der Waals surface area (Å²) in [5.41, 5.74) is 9.52. The molecule has 1 atom stereocenters. The van der Waals surface area contributed by atoms with Gasteiger partial charge in [0.15, 0.2) is 0 Å². The quantitative estimate of drug-likeness (QED) is 0.480. The fraction of sp³-hybridized carbons (Fsp3) is 0.269. The van der Waals surface area contributed by atoms with Crippen LogP contribution in [-0.2, 0) is 6.54 Å². The van der Waals surface area contributed by atoms with Gasteiger partial charge < -0.3 is 11.1 Å². The number of rotatable bonds is 9. The van der Waals surface area contributed by atoms with Crippen molar-refractivity contribution in [3.05, 3.63) is 100 Å². The van der Waals surface area contributed by atoms with Crippen molar-refractivity contribution in [1.82, 2.24) is 9.80 Å². The van der Waals surface area contributed by atoms with Gasteiger partial charge in [0.05, 0.1) is 6.04 Å². The first-order chi connectivity index (χ1) is 15.6. The molecule has 0 spiro atoms. The average Bonchev–Trinajstić information content (AvgIpc) is 3.34. The first kappa shape index (κ1) is 22.3. The van der Waals surface area contributed by atoms with Gasteiger partial charge in [-0.2, -0.15) is 0 Å². The van der Waals surface area contributed by atoms with Crippen molar-refractivity contribution in [1.29, 1.82) is 0 Å². The van der Waals surface area contributed by atoms with E-state index in [-0.39, 0.29) is 6.04 Å². The largest absolute Gasteiger partial charge is 0.380 e. The Balaban J connectivity index is 1.59. The SMILES string of the molecule is C=CCN1CCN(C(c2ccc(C(N)=O)cc2)c2cccc(NCc3cccs3)c2)CC1. The molecular weight excluding hydrogens is 416 g/mol. The van der Waals surface area contributed by atoms with Gasteiger partial charge >= 0.3 is 0 Å². The monoisotopic (exact) mass is 446 g/mol. The minimum atomic E-state index is -0.397. The highest BCUT2D eigenvalue weighted by Gasteiger charge is 2.26. The Bertz CT molecular complexity index is 1020. The minimum absolute atomic E-state index is 0.117. The van der Waals surface area contributed by atoms with Crippen LogP contribution in [0.2, 0.25) is 0 Å². The molecule has 0 bridgehead atoms. The smallest absolute Gasteiger partial charge is 0.248 e. The van der Waals surface area contributed by atoms with Crippen LogP contribution in [0.3, 0.4) is 0 Å². The number of carbonyl (C=O) groups is 1. The van der Waals surface area contributed by atoms with Gasteiger partial charge in [0.25, 0.3) is 0 Å². The zero-order valence-corrected chi connectivity index (χ0v) is 19.1. The van der Waals surface area contributed by atoms with E-state index in [1.165, 1.54) is 16.0 Å². The van der Waals surface area contributed by atoms with Gasteiger partial charge in [0, 0.05) is 55.4 Å². The van der Waals surface area contributed by atoms with Crippen LogP contribution in [0.25, 0.3) is 0 Å². The number of hydrogen-bond donors (Lipinski definition) is 2. The van der Waals surface area contributed by atoms with Crippen molar-refractivity contribution in [2.75, 3.05) is 38.0 Å². The maximum atomic E-state index is 11.6. The second-order valence-electron chi connectivity index (χ2n) is 8.07. The van der Waals surface area contributed by atoms with E-state index >= 15 is 0 Å². The molecular formula is C26H30N4OS. The van der Waals surface area contributed by atoms with Gasteiger partial charge in [-0.15, -0.1) is 17.9 Å². The third-order valence-electron chi connectivity index (χ3n) is 5.92. The Morgan fingerprint density at radius 3 is 2.50 bits per heavy atom. The molecule has 1 unspecified atom stereocenters. The molecule has 6 heteroatoms. The third kappa shape index (κ3) is 5.46. The van der Waals surface area contributed by atoms with E-state index in [1.54, 1.807) is 11.3 Å². The Morgan fingerprint density at radius 1 is 1.06 bits per heavy atom. The number of carbonyl (C=O) groups excluding carboxylic acids is 1. The fourth-order valence-corrected chi connectivity index (χ4v) is 4.90. The first-order valence-electron chi connectivity index (χ1n) is 11.0. The standard InChI is InChI=1S/C26H30N4OS/c1-2-12-29-13-15-30(16-14-29)25(20-8-10-21(11-9-20)26(27)31)22-5-3-6-23(18-22)28-19-24-7-4-17-32-24/h2-11,17-18,25,28H,1,12-16,19H2,(H2,27,31). The van der Waals surface area contributed by atoms with Crippen LogP contribution in [0.5, 0.6) is 0 Å².